The first kappa shape index (κ1) is 13.0. The minimum absolute atomic E-state index is 0.00533. The van der Waals surface area contributed by atoms with Crippen LogP contribution in [0.2, 0.25) is 0 Å². The smallest absolute Gasteiger partial charge is 0.288 e. The second-order valence-corrected chi connectivity index (χ2v) is 4.68. The van der Waals surface area contributed by atoms with Crippen molar-refractivity contribution >= 4 is 28.7 Å². The zero-order valence-electron chi connectivity index (χ0n) is 9.70. The van der Waals surface area contributed by atoms with Gasteiger partial charge in [-0.1, -0.05) is 6.07 Å². The molecule has 0 aliphatic rings. The van der Waals surface area contributed by atoms with E-state index in [-0.39, 0.29) is 17.1 Å². The standard InChI is InChI=1S/C11H10N4O3S/c12-10-9(4-7(5-13-10)15(17)18)11(16)14-6-8-2-1-3-19-8/h1-5H,6H2,(H2,12,13)(H,14,16). The summed E-state index contributed by atoms with van der Waals surface area (Å²) in [5.41, 5.74) is 5.28. The Morgan fingerprint density at radius 1 is 1.58 bits per heavy atom. The summed E-state index contributed by atoms with van der Waals surface area (Å²) >= 11 is 1.50. The van der Waals surface area contributed by atoms with Crippen LogP contribution >= 0.6 is 11.3 Å². The van der Waals surface area contributed by atoms with Crippen molar-refractivity contribution in [2.45, 2.75) is 6.54 Å². The predicted octanol–water partition coefficient (Wildman–Crippen LogP) is 1.56. The van der Waals surface area contributed by atoms with Crippen LogP contribution in [0.1, 0.15) is 15.2 Å². The lowest BCUT2D eigenvalue weighted by Gasteiger charge is -2.05. The van der Waals surface area contributed by atoms with Gasteiger partial charge in [-0.2, -0.15) is 0 Å². The van der Waals surface area contributed by atoms with Gasteiger partial charge in [-0.15, -0.1) is 11.3 Å². The molecule has 2 aromatic rings. The number of nitro groups is 1. The fourth-order valence-corrected chi connectivity index (χ4v) is 2.07. The number of carbonyl (C=O) groups is 1. The molecule has 2 aromatic heterocycles. The molecular weight excluding hydrogens is 268 g/mol. The number of carbonyl (C=O) groups excluding carboxylic acids is 1. The molecule has 98 valence electrons. The average molecular weight is 278 g/mol. The van der Waals surface area contributed by atoms with Crippen LogP contribution in [0.25, 0.3) is 0 Å². The molecule has 0 unspecified atom stereocenters. The zero-order chi connectivity index (χ0) is 13.8. The van der Waals surface area contributed by atoms with E-state index in [0.717, 1.165) is 17.1 Å². The predicted molar refractivity (Wildman–Crippen MR) is 70.8 cm³/mol. The van der Waals surface area contributed by atoms with Gasteiger partial charge in [0.15, 0.2) is 0 Å². The van der Waals surface area contributed by atoms with Crippen LogP contribution in [0.4, 0.5) is 11.5 Å². The van der Waals surface area contributed by atoms with Gasteiger partial charge in [0, 0.05) is 10.9 Å². The molecule has 0 bridgehead atoms. The Bertz CT molecular complexity index is 612. The summed E-state index contributed by atoms with van der Waals surface area (Å²) in [6.07, 6.45) is 1.02. The van der Waals surface area contributed by atoms with E-state index in [1.54, 1.807) is 0 Å². The first-order valence-corrected chi connectivity index (χ1v) is 6.16. The molecule has 0 fully saturated rings. The van der Waals surface area contributed by atoms with Crippen LogP contribution in [0.5, 0.6) is 0 Å². The lowest BCUT2D eigenvalue weighted by molar-refractivity contribution is -0.385. The van der Waals surface area contributed by atoms with Crippen molar-refractivity contribution in [1.82, 2.24) is 10.3 Å². The SMILES string of the molecule is Nc1ncc([N+](=O)[O-])cc1C(=O)NCc1cccs1. The topological polar surface area (TPSA) is 111 Å². The first-order chi connectivity index (χ1) is 9.08. The van der Waals surface area contributed by atoms with E-state index in [2.05, 4.69) is 10.3 Å². The summed E-state index contributed by atoms with van der Waals surface area (Å²) in [6, 6.07) is 4.86. The molecule has 0 aromatic carbocycles. The van der Waals surface area contributed by atoms with Crippen LogP contribution in [0.15, 0.2) is 29.8 Å². The molecule has 0 saturated carbocycles. The van der Waals surface area contributed by atoms with Crippen LogP contribution in [0, 0.1) is 10.1 Å². The quantitative estimate of drug-likeness (QED) is 0.651. The second-order valence-electron chi connectivity index (χ2n) is 3.65. The molecule has 0 atom stereocenters. The van der Waals surface area contributed by atoms with Crippen molar-refractivity contribution in [3.63, 3.8) is 0 Å². The molecule has 0 spiro atoms. The number of aromatic nitrogens is 1. The number of hydrogen-bond donors (Lipinski definition) is 2. The molecule has 2 rings (SSSR count). The van der Waals surface area contributed by atoms with Crippen molar-refractivity contribution in [2.24, 2.45) is 0 Å². The van der Waals surface area contributed by atoms with Gasteiger partial charge in [0.1, 0.15) is 12.0 Å². The third-order valence-corrected chi connectivity index (χ3v) is 3.24. The molecule has 1 amide bonds. The molecular formula is C11H10N4O3S. The van der Waals surface area contributed by atoms with E-state index >= 15 is 0 Å². The normalized spacial score (nSPS) is 10.1. The van der Waals surface area contributed by atoms with Gasteiger partial charge >= 0.3 is 0 Å². The molecule has 3 N–H and O–H groups in total. The number of amides is 1. The number of nitrogens with two attached hydrogens (primary N) is 1. The number of nitrogens with one attached hydrogen (secondary N) is 1. The van der Waals surface area contributed by atoms with E-state index in [0.29, 0.717) is 6.54 Å². The third kappa shape index (κ3) is 3.05. The Kier molecular flexibility index (Phi) is 3.71. The van der Waals surface area contributed by atoms with Gasteiger partial charge < -0.3 is 11.1 Å². The summed E-state index contributed by atoms with van der Waals surface area (Å²) in [5, 5.41) is 15.2. The highest BCUT2D eigenvalue weighted by Crippen LogP contribution is 2.17. The molecule has 0 aliphatic heterocycles. The number of thiophene rings is 1. The van der Waals surface area contributed by atoms with Crippen molar-refractivity contribution in [3.8, 4) is 0 Å². The first-order valence-electron chi connectivity index (χ1n) is 5.28. The largest absolute Gasteiger partial charge is 0.383 e. The fraction of sp³-hybridized carbons (Fsp3) is 0.0909. The Morgan fingerprint density at radius 2 is 2.37 bits per heavy atom. The van der Waals surface area contributed by atoms with Gasteiger partial charge in [-0.25, -0.2) is 4.98 Å². The number of nitrogens with zero attached hydrogens (tertiary/aromatic N) is 2. The number of rotatable bonds is 4. The van der Waals surface area contributed by atoms with Gasteiger partial charge in [-0.05, 0) is 11.4 Å². The van der Waals surface area contributed by atoms with E-state index in [1.807, 2.05) is 17.5 Å². The molecule has 0 radical (unpaired) electrons. The van der Waals surface area contributed by atoms with E-state index < -0.39 is 10.8 Å². The van der Waals surface area contributed by atoms with E-state index in [9.17, 15) is 14.9 Å². The number of hydrogen-bond acceptors (Lipinski definition) is 6. The van der Waals surface area contributed by atoms with E-state index in [4.69, 9.17) is 5.73 Å². The molecule has 7 nitrogen and oxygen atoms in total. The maximum absolute atomic E-state index is 11.9. The molecule has 8 heteroatoms. The third-order valence-electron chi connectivity index (χ3n) is 2.36. The summed E-state index contributed by atoms with van der Waals surface area (Å²) < 4.78 is 0. The Labute approximate surface area is 112 Å². The van der Waals surface area contributed by atoms with Gasteiger partial charge in [0.05, 0.1) is 17.0 Å². The molecule has 0 aliphatic carbocycles. The highest BCUT2D eigenvalue weighted by atomic mass is 32.1. The van der Waals surface area contributed by atoms with Crippen molar-refractivity contribution in [2.75, 3.05) is 5.73 Å². The van der Waals surface area contributed by atoms with Crippen LogP contribution in [-0.2, 0) is 6.54 Å². The number of anilines is 1. The summed E-state index contributed by atoms with van der Waals surface area (Å²) in [5.74, 6) is -0.517. The molecule has 19 heavy (non-hydrogen) atoms. The summed E-state index contributed by atoms with van der Waals surface area (Å²) in [4.78, 5) is 26.5. The second kappa shape index (κ2) is 5.44. The van der Waals surface area contributed by atoms with Crippen molar-refractivity contribution < 1.29 is 9.72 Å². The van der Waals surface area contributed by atoms with Gasteiger partial charge in [0.2, 0.25) is 0 Å². The minimum Gasteiger partial charge on any atom is -0.383 e. The fourth-order valence-electron chi connectivity index (χ4n) is 1.42. The Balaban J connectivity index is 2.14. The maximum atomic E-state index is 11.9. The summed E-state index contributed by atoms with van der Waals surface area (Å²) in [6.45, 7) is 0.346. The summed E-state index contributed by atoms with van der Waals surface area (Å²) in [7, 11) is 0. The van der Waals surface area contributed by atoms with Gasteiger partial charge in [0.25, 0.3) is 11.6 Å². The minimum atomic E-state index is -0.623. The zero-order valence-corrected chi connectivity index (χ0v) is 10.5. The Hall–Kier alpha value is -2.48. The highest BCUT2D eigenvalue weighted by Gasteiger charge is 2.16. The monoisotopic (exact) mass is 278 g/mol. The van der Waals surface area contributed by atoms with Crippen LogP contribution in [0.3, 0.4) is 0 Å². The lowest BCUT2D eigenvalue weighted by atomic mass is 10.2. The number of nitrogen functional groups attached to an aromatic ring is 1. The van der Waals surface area contributed by atoms with Crippen LogP contribution in [-0.4, -0.2) is 15.8 Å². The van der Waals surface area contributed by atoms with Gasteiger partial charge in [-0.3, -0.25) is 14.9 Å². The van der Waals surface area contributed by atoms with Crippen LogP contribution < -0.4 is 11.1 Å². The highest BCUT2D eigenvalue weighted by molar-refractivity contribution is 7.09. The lowest BCUT2D eigenvalue weighted by Crippen LogP contribution is -2.23. The number of pyridine rings is 1. The molecule has 2 heterocycles. The Morgan fingerprint density at radius 3 is 3.00 bits per heavy atom. The van der Waals surface area contributed by atoms with Crippen molar-refractivity contribution in [1.29, 1.82) is 0 Å². The van der Waals surface area contributed by atoms with Crippen molar-refractivity contribution in [3.05, 3.63) is 50.3 Å². The maximum Gasteiger partial charge on any atom is 0.288 e. The molecule has 0 saturated heterocycles. The van der Waals surface area contributed by atoms with E-state index in [1.165, 1.54) is 11.3 Å². The average Bonchev–Trinajstić information content (AvgIpc) is 2.89.